The predicted octanol–water partition coefficient (Wildman–Crippen LogP) is 4.59. The van der Waals surface area contributed by atoms with E-state index in [4.69, 9.17) is 9.82 Å². The standard InChI is InChI=1S/C24H24F4N5O2S/c25-21(26)17-12-18(22(27)28)33(30-17)13-20(34)32-9-6-15(7-10-32)23-29-19(14-36-23)24(8-11-35-31-24)16-4-2-1-3-5-16/h2-5,12,14-15,21-22,31H,6-11,13H2. The van der Waals surface area contributed by atoms with Crippen LogP contribution in [0.2, 0.25) is 0 Å². The van der Waals surface area contributed by atoms with Crippen LogP contribution in [0.25, 0.3) is 0 Å². The summed E-state index contributed by atoms with van der Waals surface area (Å²) in [5.74, 6) is -0.269. The summed E-state index contributed by atoms with van der Waals surface area (Å²) in [6.07, 6.45) is -3.91. The second-order valence-electron chi connectivity index (χ2n) is 8.87. The third-order valence-corrected chi connectivity index (χ3v) is 7.76. The molecule has 1 atom stereocenters. The second-order valence-corrected chi connectivity index (χ2v) is 9.76. The van der Waals surface area contributed by atoms with Crippen LogP contribution in [-0.4, -0.2) is 45.3 Å². The summed E-state index contributed by atoms with van der Waals surface area (Å²) in [6.45, 7) is 0.911. The van der Waals surface area contributed by atoms with Crippen molar-refractivity contribution < 1.29 is 27.2 Å². The lowest BCUT2D eigenvalue weighted by molar-refractivity contribution is -0.133. The van der Waals surface area contributed by atoms with E-state index in [0.29, 0.717) is 43.3 Å². The van der Waals surface area contributed by atoms with Gasteiger partial charge in [0.05, 0.1) is 17.3 Å². The molecule has 1 aromatic carbocycles. The van der Waals surface area contributed by atoms with E-state index >= 15 is 0 Å². The molecule has 191 valence electrons. The van der Waals surface area contributed by atoms with Crippen molar-refractivity contribution in [2.24, 2.45) is 0 Å². The third-order valence-electron chi connectivity index (χ3n) is 6.75. The van der Waals surface area contributed by atoms with Crippen molar-refractivity contribution in [3.8, 4) is 0 Å². The SMILES string of the molecule is O=C(Cn1nc(C(F)F)cc1C(F)F)N1CCC(c2nc(C3(c4cc[c]cc4)CCON3)cs2)CC1. The first-order valence-corrected chi connectivity index (χ1v) is 12.5. The summed E-state index contributed by atoms with van der Waals surface area (Å²) in [5.41, 5.74) is 3.12. The highest BCUT2D eigenvalue weighted by Crippen LogP contribution is 2.39. The lowest BCUT2D eigenvalue weighted by Gasteiger charge is -2.31. The van der Waals surface area contributed by atoms with Gasteiger partial charge < -0.3 is 9.74 Å². The quantitative estimate of drug-likeness (QED) is 0.460. The highest BCUT2D eigenvalue weighted by molar-refractivity contribution is 7.09. The molecule has 1 amide bonds. The lowest BCUT2D eigenvalue weighted by Crippen LogP contribution is -2.40. The zero-order valence-electron chi connectivity index (χ0n) is 19.2. The number of hydrogen-bond acceptors (Lipinski definition) is 6. The van der Waals surface area contributed by atoms with Gasteiger partial charge in [-0.1, -0.05) is 24.3 Å². The molecule has 0 bridgehead atoms. The van der Waals surface area contributed by atoms with E-state index in [1.54, 1.807) is 16.2 Å². The molecule has 2 fully saturated rings. The summed E-state index contributed by atoms with van der Waals surface area (Å²) in [4.78, 5) is 24.8. The second kappa shape index (κ2) is 10.3. The Bertz CT molecular complexity index is 1190. The van der Waals surface area contributed by atoms with E-state index in [-0.39, 0.29) is 5.92 Å². The number of hydroxylamine groups is 1. The Hall–Kier alpha value is -2.83. The van der Waals surface area contributed by atoms with Gasteiger partial charge in [-0.3, -0.25) is 9.48 Å². The molecule has 2 saturated heterocycles. The van der Waals surface area contributed by atoms with Crippen LogP contribution in [0, 0.1) is 6.07 Å². The van der Waals surface area contributed by atoms with Crippen LogP contribution in [0.15, 0.2) is 35.7 Å². The van der Waals surface area contributed by atoms with Crippen LogP contribution in [0.5, 0.6) is 0 Å². The molecular weight excluding hydrogens is 498 g/mol. The number of thiazole rings is 1. The van der Waals surface area contributed by atoms with Crippen molar-refractivity contribution in [1.82, 2.24) is 25.1 Å². The molecule has 1 unspecified atom stereocenters. The highest BCUT2D eigenvalue weighted by Gasteiger charge is 2.41. The molecular formula is C24H24F4N5O2S. The van der Waals surface area contributed by atoms with Gasteiger partial charge in [0.2, 0.25) is 5.91 Å². The van der Waals surface area contributed by atoms with E-state index in [1.165, 1.54) is 0 Å². The lowest BCUT2D eigenvalue weighted by atomic mass is 9.85. The Morgan fingerprint density at radius 3 is 2.61 bits per heavy atom. The zero-order chi connectivity index (χ0) is 25.3. The fourth-order valence-corrected chi connectivity index (χ4v) is 5.83. The third kappa shape index (κ3) is 4.76. The molecule has 36 heavy (non-hydrogen) atoms. The molecule has 2 aromatic heterocycles. The normalized spacial score (nSPS) is 21.1. The number of piperidine rings is 1. The highest BCUT2D eigenvalue weighted by atomic mass is 32.1. The maximum atomic E-state index is 13.2. The number of benzene rings is 1. The van der Waals surface area contributed by atoms with Crippen molar-refractivity contribution in [3.63, 3.8) is 0 Å². The van der Waals surface area contributed by atoms with E-state index in [1.807, 2.05) is 29.6 Å². The maximum Gasteiger partial charge on any atom is 0.282 e. The average Bonchev–Trinajstić information content (AvgIpc) is 3.64. The largest absolute Gasteiger partial charge is 0.341 e. The number of halogens is 4. The number of alkyl halides is 4. The zero-order valence-corrected chi connectivity index (χ0v) is 20.0. The Labute approximate surface area is 209 Å². The van der Waals surface area contributed by atoms with Crippen LogP contribution in [0.1, 0.15) is 65.7 Å². The van der Waals surface area contributed by atoms with Crippen LogP contribution < -0.4 is 5.48 Å². The number of carbonyl (C=O) groups is 1. The first kappa shape index (κ1) is 24.8. The predicted molar refractivity (Wildman–Crippen MR) is 123 cm³/mol. The van der Waals surface area contributed by atoms with Gasteiger partial charge in [0.15, 0.2) is 0 Å². The van der Waals surface area contributed by atoms with Gasteiger partial charge in [-0.05, 0) is 30.5 Å². The Morgan fingerprint density at radius 1 is 1.22 bits per heavy atom. The molecule has 5 rings (SSSR count). The van der Waals surface area contributed by atoms with E-state index in [9.17, 15) is 22.4 Å². The van der Waals surface area contributed by atoms with Gasteiger partial charge in [0, 0.05) is 30.8 Å². The average molecular weight is 523 g/mol. The van der Waals surface area contributed by atoms with Crippen LogP contribution >= 0.6 is 11.3 Å². The number of aromatic nitrogens is 3. The van der Waals surface area contributed by atoms with Crippen LogP contribution in [0.3, 0.4) is 0 Å². The van der Waals surface area contributed by atoms with Crippen molar-refractivity contribution >= 4 is 17.2 Å². The molecule has 0 spiro atoms. The van der Waals surface area contributed by atoms with Gasteiger partial charge >= 0.3 is 0 Å². The summed E-state index contributed by atoms with van der Waals surface area (Å²) < 4.78 is 53.0. The summed E-state index contributed by atoms with van der Waals surface area (Å²) >= 11 is 1.57. The molecule has 2 aliphatic rings. The van der Waals surface area contributed by atoms with Gasteiger partial charge in [-0.25, -0.2) is 22.5 Å². The summed E-state index contributed by atoms with van der Waals surface area (Å²) in [7, 11) is 0. The number of nitrogens with one attached hydrogen (secondary N) is 1. The molecule has 0 saturated carbocycles. The fraction of sp³-hybridized carbons (Fsp3) is 0.458. The minimum absolute atomic E-state index is 0.156. The number of nitrogens with zero attached hydrogens (tertiary/aromatic N) is 4. The van der Waals surface area contributed by atoms with E-state index in [2.05, 4.69) is 16.6 Å². The molecule has 12 heteroatoms. The molecule has 3 aromatic rings. The topological polar surface area (TPSA) is 72.3 Å². The number of amides is 1. The van der Waals surface area contributed by atoms with Gasteiger partial charge in [-0.15, -0.1) is 11.3 Å². The van der Waals surface area contributed by atoms with Gasteiger partial charge in [0.25, 0.3) is 12.9 Å². The fourth-order valence-electron chi connectivity index (χ4n) is 4.77. The Balaban J connectivity index is 1.24. The molecule has 1 N–H and O–H groups in total. The first-order chi connectivity index (χ1) is 17.4. The van der Waals surface area contributed by atoms with Crippen molar-refractivity contribution in [2.45, 2.75) is 50.1 Å². The van der Waals surface area contributed by atoms with Crippen LogP contribution in [-0.2, 0) is 21.7 Å². The number of hydrogen-bond donors (Lipinski definition) is 1. The van der Waals surface area contributed by atoms with Crippen LogP contribution in [0.4, 0.5) is 17.6 Å². The van der Waals surface area contributed by atoms with Crippen molar-refractivity contribution in [2.75, 3.05) is 19.7 Å². The van der Waals surface area contributed by atoms with Crippen molar-refractivity contribution in [3.05, 3.63) is 69.4 Å². The maximum absolute atomic E-state index is 13.2. The Morgan fingerprint density at radius 2 is 1.97 bits per heavy atom. The summed E-state index contributed by atoms with van der Waals surface area (Å²) in [6, 6.07) is 11.4. The molecule has 0 aliphatic carbocycles. The van der Waals surface area contributed by atoms with Gasteiger partial charge in [0.1, 0.15) is 23.5 Å². The van der Waals surface area contributed by atoms with E-state index in [0.717, 1.165) is 22.7 Å². The minimum atomic E-state index is -3.00. The van der Waals surface area contributed by atoms with Crippen molar-refractivity contribution in [1.29, 1.82) is 0 Å². The Kier molecular flexibility index (Phi) is 7.09. The smallest absolute Gasteiger partial charge is 0.282 e. The minimum Gasteiger partial charge on any atom is -0.341 e. The molecule has 7 nitrogen and oxygen atoms in total. The number of rotatable bonds is 7. The number of carbonyl (C=O) groups excluding carboxylic acids is 1. The first-order valence-electron chi connectivity index (χ1n) is 11.6. The molecule has 4 heterocycles. The molecule has 1 radical (unpaired) electrons. The van der Waals surface area contributed by atoms with Gasteiger partial charge in [-0.2, -0.15) is 10.6 Å². The molecule has 2 aliphatic heterocycles. The monoisotopic (exact) mass is 522 g/mol. The van der Waals surface area contributed by atoms with E-state index < -0.39 is 42.2 Å². The summed E-state index contributed by atoms with van der Waals surface area (Å²) in [5, 5.41) is 6.52. The number of likely N-dealkylation sites (tertiary alicyclic amines) is 1.